The van der Waals surface area contributed by atoms with E-state index in [4.69, 9.17) is 17.3 Å². The molecule has 0 aliphatic rings. The molecule has 0 fully saturated rings. The van der Waals surface area contributed by atoms with Crippen molar-refractivity contribution in [2.24, 2.45) is 11.7 Å². The highest BCUT2D eigenvalue weighted by Gasteiger charge is 2.23. The van der Waals surface area contributed by atoms with Gasteiger partial charge in [-0.25, -0.2) is 0 Å². The van der Waals surface area contributed by atoms with Crippen LogP contribution in [0.1, 0.15) is 12.0 Å². The minimum atomic E-state index is -0.632. The van der Waals surface area contributed by atoms with Gasteiger partial charge in [-0.05, 0) is 42.5 Å². The zero-order chi connectivity index (χ0) is 16.5. The van der Waals surface area contributed by atoms with Crippen LogP contribution in [0.5, 0.6) is 0 Å². The molecule has 0 saturated carbocycles. The van der Waals surface area contributed by atoms with E-state index in [-0.39, 0.29) is 11.8 Å². The van der Waals surface area contributed by atoms with E-state index < -0.39 is 11.9 Å². The molecule has 1 unspecified atom stereocenters. The number of carbonyl (C=O) groups is 2. The number of hydrogen-bond donors (Lipinski definition) is 3. The number of thioether (sulfide) groups is 1. The van der Waals surface area contributed by atoms with Gasteiger partial charge in [0.2, 0.25) is 11.8 Å². The van der Waals surface area contributed by atoms with E-state index in [1.165, 1.54) is 0 Å². The summed E-state index contributed by atoms with van der Waals surface area (Å²) in [6, 6.07) is 6.70. The van der Waals surface area contributed by atoms with Crippen molar-refractivity contribution >= 4 is 47.8 Å². The third kappa shape index (κ3) is 6.50. The van der Waals surface area contributed by atoms with Crippen molar-refractivity contribution in [2.45, 2.75) is 18.9 Å². The number of nitrogens with two attached hydrogens (primary N) is 1. The van der Waals surface area contributed by atoms with E-state index in [2.05, 4.69) is 17.9 Å². The lowest BCUT2D eigenvalue weighted by Gasteiger charge is -2.19. The monoisotopic (exact) mass is 360 g/mol. The molecule has 4 nitrogen and oxygen atoms in total. The molecule has 22 heavy (non-hydrogen) atoms. The second kappa shape index (κ2) is 10.0. The van der Waals surface area contributed by atoms with Gasteiger partial charge < -0.3 is 11.1 Å². The summed E-state index contributed by atoms with van der Waals surface area (Å²) in [4.78, 5) is 23.7. The van der Waals surface area contributed by atoms with Crippen molar-refractivity contribution in [3.63, 3.8) is 0 Å². The van der Waals surface area contributed by atoms with Crippen molar-refractivity contribution in [1.82, 2.24) is 5.32 Å². The van der Waals surface area contributed by atoms with Gasteiger partial charge >= 0.3 is 0 Å². The van der Waals surface area contributed by atoms with Gasteiger partial charge in [0, 0.05) is 10.8 Å². The molecule has 2 amide bonds. The van der Waals surface area contributed by atoms with Crippen LogP contribution < -0.4 is 11.1 Å². The lowest BCUT2D eigenvalue weighted by Crippen LogP contribution is -2.47. The number of primary amides is 1. The van der Waals surface area contributed by atoms with Crippen LogP contribution in [0.15, 0.2) is 24.3 Å². The van der Waals surface area contributed by atoms with Crippen molar-refractivity contribution < 1.29 is 9.59 Å². The van der Waals surface area contributed by atoms with E-state index in [0.717, 1.165) is 11.3 Å². The number of nitrogens with one attached hydrogen (secondary N) is 1. The van der Waals surface area contributed by atoms with Crippen molar-refractivity contribution in [3.05, 3.63) is 34.9 Å². The Labute approximate surface area is 146 Å². The molecule has 0 spiro atoms. The summed E-state index contributed by atoms with van der Waals surface area (Å²) in [5, 5.41) is 3.39. The van der Waals surface area contributed by atoms with Gasteiger partial charge in [-0.15, -0.1) is 0 Å². The highest BCUT2D eigenvalue weighted by atomic mass is 35.5. The number of benzene rings is 1. The van der Waals surface area contributed by atoms with Gasteiger partial charge in [-0.2, -0.15) is 24.4 Å². The standard InChI is InChI=1S/C15H21ClN2O2S2/c1-22-7-6-13(14(17)19)18-15(20)11(9-21)8-10-2-4-12(16)5-3-10/h2-5,11,13,21H,6-9H2,1H3,(H2,17,19)(H,18,20)/t11?,13-/m0/s1. The van der Waals surface area contributed by atoms with Crippen molar-refractivity contribution in [3.8, 4) is 0 Å². The number of carbonyl (C=O) groups excluding carboxylic acids is 2. The van der Waals surface area contributed by atoms with Crippen LogP contribution in [-0.4, -0.2) is 35.6 Å². The number of amides is 2. The summed E-state index contributed by atoms with van der Waals surface area (Å²) in [7, 11) is 0. The highest BCUT2D eigenvalue weighted by Crippen LogP contribution is 2.15. The Kier molecular flexibility index (Phi) is 8.75. The van der Waals surface area contributed by atoms with Crippen molar-refractivity contribution in [1.29, 1.82) is 0 Å². The topological polar surface area (TPSA) is 72.2 Å². The summed E-state index contributed by atoms with van der Waals surface area (Å²) >= 11 is 11.7. The number of thiol groups is 1. The SMILES string of the molecule is CSCC[C@H](NC(=O)C(CS)Cc1ccc(Cl)cc1)C(N)=O. The summed E-state index contributed by atoms with van der Waals surface area (Å²) in [6.07, 6.45) is 3.01. The molecule has 0 heterocycles. The number of rotatable bonds is 9. The minimum Gasteiger partial charge on any atom is -0.368 e. The Morgan fingerprint density at radius 1 is 1.36 bits per heavy atom. The average Bonchev–Trinajstić information content (AvgIpc) is 2.50. The van der Waals surface area contributed by atoms with E-state index in [1.807, 2.05) is 18.4 Å². The average molecular weight is 361 g/mol. The fourth-order valence-corrected chi connectivity index (χ4v) is 2.85. The Bertz CT molecular complexity index is 497. The molecule has 1 rings (SSSR count). The van der Waals surface area contributed by atoms with Gasteiger partial charge in [0.1, 0.15) is 6.04 Å². The van der Waals surface area contributed by atoms with E-state index >= 15 is 0 Å². The Morgan fingerprint density at radius 2 is 2.00 bits per heavy atom. The molecule has 0 bridgehead atoms. The summed E-state index contributed by atoms with van der Waals surface area (Å²) < 4.78 is 0. The van der Waals surface area contributed by atoms with E-state index in [1.54, 1.807) is 23.9 Å². The maximum atomic E-state index is 12.3. The Morgan fingerprint density at radius 3 is 2.50 bits per heavy atom. The molecule has 1 aromatic rings. The van der Waals surface area contributed by atoms with Crippen LogP contribution >= 0.6 is 36.0 Å². The van der Waals surface area contributed by atoms with Crippen LogP contribution in [0.4, 0.5) is 0 Å². The molecule has 7 heteroatoms. The fraction of sp³-hybridized carbons (Fsp3) is 0.467. The molecular weight excluding hydrogens is 340 g/mol. The van der Waals surface area contributed by atoms with E-state index in [9.17, 15) is 9.59 Å². The first kappa shape index (κ1) is 19.2. The van der Waals surface area contributed by atoms with Gasteiger partial charge in [0.15, 0.2) is 0 Å². The highest BCUT2D eigenvalue weighted by molar-refractivity contribution is 7.98. The zero-order valence-electron chi connectivity index (χ0n) is 12.4. The van der Waals surface area contributed by atoms with Gasteiger partial charge in [-0.1, -0.05) is 23.7 Å². The molecule has 2 atom stereocenters. The second-order valence-corrected chi connectivity index (χ2v) is 6.74. The summed E-state index contributed by atoms with van der Waals surface area (Å²) in [5.41, 5.74) is 6.34. The summed E-state index contributed by atoms with van der Waals surface area (Å²) in [6.45, 7) is 0. The fourth-order valence-electron chi connectivity index (χ4n) is 1.96. The second-order valence-electron chi connectivity index (χ2n) is 4.96. The molecule has 1 aromatic carbocycles. The third-order valence-corrected chi connectivity index (χ3v) is 4.59. The van der Waals surface area contributed by atoms with Crippen LogP contribution in [0.25, 0.3) is 0 Å². The van der Waals surface area contributed by atoms with Gasteiger partial charge in [-0.3, -0.25) is 9.59 Å². The lowest BCUT2D eigenvalue weighted by molar-refractivity contribution is -0.129. The largest absolute Gasteiger partial charge is 0.368 e. The number of halogens is 1. The summed E-state index contributed by atoms with van der Waals surface area (Å²) in [5.74, 6) is 0.126. The van der Waals surface area contributed by atoms with Crippen LogP contribution in [0.2, 0.25) is 5.02 Å². The third-order valence-electron chi connectivity index (χ3n) is 3.26. The maximum absolute atomic E-state index is 12.3. The first-order valence-corrected chi connectivity index (χ1v) is 9.32. The zero-order valence-corrected chi connectivity index (χ0v) is 14.9. The van der Waals surface area contributed by atoms with Crippen LogP contribution in [0.3, 0.4) is 0 Å². The minimum absolute atomic E-state index is 0.199. The predicted molar refractivity (Wildman–Crippen MR) is 96.6 cm³/mol. The molecule has 0 aromatic heterocycles. The normalized spacial score (nSPS) is 13.4. The van der Waals surface area contributed by atoms with E-state index in [0.29, 0.717) is 23.6 Å². The molecule has 122 valence electrons. The molecule has 3 N–H and O–H groups in total. The molecular formula is C15H21ClN2O2S2. The molecule has 0 radical (unpaired) electrons. The Balaban J connectivity index is 2.66. The van der Waals surface area contributed by atoms with Crippen LogP contribution in [0, 0.1) is 5.92 Å². The first-order valence-electron chi connectivity index (χ1n) is 6.91. The Hall–Kier alpha value is -0.850. The molecule has 0 aliphatic heterocycles. The molecule has 0 aliphatic carbocycles. The van der Waals surface area contributed by atoms with Gasteiger partial charge in [0.25, 0.3) is 0 Å². The first-order chi connectivity index (χ1) is 10.5. The molecule has 0 saturated heterocycles. The van der Waals surface area contributed by atoms with Gasteiger partial charge in [0.05, 0.1) is 5.92 Å². The van der Waals surface area contributed by atoms with Crippen molar-refractivity contribution in [2.75, 3.05) is 17.8 Å². The predicted octanol–water partition coefficient (Wildman–Crippen LogP) is 2.15. The maximum Gasteiger partial charge on any atom is 0.240 e. The number of hydrogen-bond acceptors (Lipinski definition) is 4. The lowest BCUT2D eigenvalue weighted by atomic mass is 9.99. The quantitative estimate of drug-likeness (QED) is 0.591. The smallest absolute Gasteiger partial charge is 0.240 e. The van der Waals surface area contributed by atoms with Crippen LogP contribution in [-0.2, 0) is 16.0 Å².